The van der Waals surface area contributed by atoms with E-state index in [1.54, 1.807) is 43.4 Å². The Kier molecular flexibility index (Phi) is 4.74. The number of halogens is 1. The third kappa shape index (κ3) is 2.88. The summed E-state index contributed by atoms with van der Waals surface area (Å²) < 4.78 is 15.8. The quantitative estimate of drug-likeness (QED) is 0.828. The summed E-state index contributed by atoms with van der Waals surface area (Å²) in [5, 5.41) is 0.430. The molecule has 1 aliphatic rings. The number of anilines is 1. The van der Waals surface area contributed by atoms with Gasteiger partial charge >= 0.3 is 0 Å². The summed E-state index contributed by atoms with van der Waals surface area (Å²) >= 11 is 6.19. The summed E-state index contributed by atoms with van der Waals surface area (Å²) in [4.78, 5) is 14.0. The molecule has 1 heterocycles. The van der Waals surface area contributed by atoms with Crippen molar-refractivity contribution in [3.8, 4) is 17.2 Å². The normalized spacial score (nSPS) is 19.4. The van der Waals surface area contributed by atoms with Gasteiger partial charge in [-0.3, -0.25) is 4.79 Å². The molecule has 0 spiro atoms. The van der Waals surface area contributed by atoms with Crippen molar-refractivity contribution in [2.45, 2.75) is 12.1 Å². The number of nitrogens with two attached hydrogens (primary N) is 1. The van der Waals surface area contributed by atoms with Gasteiger partial charge in [-0.15, -0.1) is 0 Å². The molecule has 2 aromatic rings. The smallest absolute Gasteiger partial charge is 0.247 e. The molecule has 0 saturated carbocycles. The Labute approximate surface area is 151 Å². The van der Waals surface area contributed by atoms with E-state index < -0.39 is 6.04 Å². The van der Waals surface area contributed by atoms with Crippen LogP contribution in [0.15, 0.2) is 36.4 Å². The zero-order chi connectivity index (χ0) is 18.1. The van der Waals surface area contributed by atoms with Crippen molar-refractivity contribution in [3.05, 3.63) is 47.0 Å². The van der Waals surface area contributed by atoms with Crippen LogP contribution in [0.4, 0.5) is 5.69 Å². The molecule has 7 heteroatoms. The minimum absolute atomic E-state index is 0.166. The summed E-state index contributed by atoms with van der Waals surface area (Å²) in [7, 11) is 4.67. The van der Waals surface area contributed by atoms with E-state index in [1.165, 1.54) is 7.11 Å². The van der Waals surface area contributed by atoms with Gasteiger partial charge in [0.25, 0.3) is 0 Å². The van der Waals surface area contributed by atoms with Crippen molar-refractivity contribution in [2.75, 3.05) is 26.2 Å². The number of ether oxygens (including phenoxy) is 3. The topological polar surface area (TPSA) is 74.0 Å². The number of hydrogen-bond acceptors (Lipinski definition) is 5. The Balaban J connectivity index is 1.98. The van der Waals surface area contributed by atoms with Crippen LogP contribution in [0.1, 0.15) is 11.6 Å². The third-order valence-electron chi connectivity index (χ3n) is 4.30. The number of amides is 1. The summed E-state index contributed by atoms with van der Waals surface area (Å²) in [5.41, 5.74) is 7.58. The first-order valence-corrected chi connectivity index (χ1v) is 8.03. The van der Waals surface area contributed by atoms with Gasteiger partial charge in [-0.05, 0) is 35.9 Å². The largest absolute Gasteiger partial charge is 0.495 e. The maximum absolute atomic E-state index is 12.4. The maximum Gasteiger partial charge on any atom is 0.247 e. The Hall–Kier alpha value is -2.44. The minimum atomic E-state index is -0.626. The molecule has 2 N–H and O–H groups in total. The Morgan fingerprint density at radius 3 is 2.20 bits per heavy atom. The molecule has 3 rings (SSSR count). The molecule has 2 atom stereocenters. The van der Waals surface area contributed by atoms with E-state index in [2.05, 4.69) is 0 Å². The fraction of sp³-hybridized carbons (Fsp3) is 0.278. The van der Waals surface area contributed by atoms with Crippen molar-refractivity contribution in [1.82, 2.24) is 0 Å². The van der Waals surface area contributed by atoms with Crippen LogP contribution in [0.25, 0.3) is 0 Å². The monoisotopic (exact) mass is 362 g/mol. The predicted octanol–water partition coefficient (Wildman–Crippen LogP) is 2.78. The van der Waals surface area contributed by atoms with Crippen LogP contribution in [-0.2, 0) is 4.79 Å². The van der Waals surface area contributed by atoms with Crippen molar-refractivity contribution < 1.29 is 19.0 Å². The number of methoxy groups -OCH3 is 3. The van der Waals surface area contributed by atoms with Crippen LogP contribution < -0.4 is 24.8 Å². The fourth-order valence-corrected chi connectivity index (χ4v) is 3.25. The molecule has 2 aromatic carbocycles. The Morgan fingerprint density at radius 1 is 0.960 bits per heavy atom. The van der Waals surface area contributed by atoms with E-state index in [0.29, 0.717) is 28.0 Å². The molecule has 1 fully saturated rings. The Bertz CT molecular complexity index is 812. The second-order valence-electron chi connectivity index (χ2n) is 5.61. The highest BCUT2D eigenvalue weighted by molar-refractivity contribution is 6.32. The zero-order valence-electron chi connectivity index (χ0n) is 14.2. The number of hydrogen-bond donors (Lipinski definition) is 1. The van der Waals surface area contributed by atoms with Crippen molar-refractivity contribution in [1.29, 1.82) is 0 Å². The molecular weight excluding hydrogens is 344 g/mol. The molecule has 0 bridgehead atoms. The van der Waals surface area contributed by atoms with Gasteiger partial charge in [0, 0.05) is 5.69 Å². The summed E-state index contributed by atoms with van der Waals surface area (Å²) in [6.45, 7) is 0. The first-order valence-electron chi connectivity index (χ1n) is 7.66. The van der Waals surface area contributed by atoms with Crippen LogP contribution in [0, 0.1) is 0 Å². The molecule has 0 radical (unpaired) electrons. The number of β-lactam (4-membered cyclic amide) rings is 1. The summed E-state index contributed by atoms with van der Waals surface area (Å²) in [5.74, 6) is 1.58. The lowest BCUT2D eigenvalue weighted by Gasteiger charge is -2.45. The fourth-order valence-electron chi connectivity index (χ4n) is 3.00. The van der Waals surface area contributed by atoms with Crippen molar-refractivity contribution in [2.24, 2.45) is 5.73 Å². The van der Waals surface area contributed by atoms with E-state index >= 15 is 0 Å². The van der Waals surface area contributed by atoms with E-state index in [1.807, 2.05) is 12.1 Å². The average Bonchev–Trinajstić information content (AvgIpc) is 2.64. The third-order valence-corrected chi connectivity index (χ3v) is 4.60. The number of carbonyl (C=O) groups is 1. The zero-order valence-corrected chi connectivity index (χ0v) is 14.9. The van der Waals surface area contributed by atoms with Crippen molar-refractivity contribution in [3.63, 3.8) is 0 Å². The van der Waals surface area contributed by atoms with Gasteiger partial charge in [-0.2, -0.15) is 0 Å². The molecule has 0 unspecified atom stereocenters. The summed E-state index contributed by atoms with van der Waals surface area (Å²) in [6, 6.07) is 9.75. The average molecular weight is 363 g/mol. The van der Waals surface area contributed by atoms with Gasteiger partial charge in [-0.1, -0.05) is 17.7 Å². The number of benzene rings is 2. The lowest BCUT2D eigenvalue weighted by molar-refractivity contribution is -0.126. The molecule has 0 aliphatic carbocycles. The van der Waals surface area contributed by atoms with Gasteiger partial charge < -0.3 is 24.8 Å². The maximum atomic E-state index is 12.4. The van der Waals surface area contributed by atoms with E-state index in [4.69, 9.17) is 31.5 Å². The summed E-state index contributed by atoms with van der Waals surface area (Å²) in [6.07, 6.45) is 0. The van der Waals surface area contributed by atoms with Crippen LogP contribution in [0.2, 0.25) is 5.02 Å². The second-order valence-corrected chi connectivity index (χ2v) is 6.02. The standard InChI is InChI=1S/C18H19ClN2O4/c1-23-13-7-5-11(9-12(13)19)21-17(16(20)18(21)22)10-4-6-14(24-2)15(8-10)25-3/h4-9,16-17H,20H2,1-3H3/t16-,17-/m1/s1. The molecule has 1 saturated heterocycles. The van der Waals surface area contributed by atoms with Gasteiger partial charge in [-0.25, -0.2) is 0 Å². The highest BCUT2D eigenvalue weighted by Crippen LogP contribution is 2.42. The van der Waals surface area contributed by atoms with E-state index in [9.17, 15) is 4.79 Å². The lowest BCUT2D eigenvalue weighted by atomic mass is 9.88. The van der Waals surface area contributed by atoms with Crippen LogP contribution in [0.3, 0.4) is 0 Å². The first-order chi connectivity index (χ1) is 12.0. The molecule has 1 aliphatic heterocycles. The van der Waals surface area contributed by atoms with Crippen molar-refractivity contribution >= 4 is 23.2 Å². The lowest BCUT2D eigenvalue weighted by Crippen LogP contribution is -2.63. The number of nitrogens with zero attached hydrogens (tertiary/aromatic N) is 1. The van der Waals surface area contributed by atoms with Gasteiger partial charge in [0.15, 0.2) is 11.5 Å². The van der Waals surface area contributed by atoms with Gasteiger partial charge in [0.05, 0.1) is 32.4 Å². The highest BCUT2D eigenvalue weighted by Gasteiger charge is 2.47. The van der Waals surface area contributed by atoms with Gasteiger partial charge in [0.2, 0.25) is 5.91 Å². The highest BCUT2D eigenvalue weighted by atomic mass is 35.5. The van der Waals surface area contributed by atoms with Crippen LogP contribution in [-0.4, -0.2) is 33.3 Å². The van der Waals surface area contributed by atoms with Crippen LogP contribution in [0.5, 0.6) is 17.2 Å². The van der Waals surface area contributed by atoms with Crippen LogP contribution >= 0.6 is 11.6 Å². The molecule has 132 valence electrons. The molecule has 1 amide bonds. The molecular formula is C18H19ClN2O4. The molecule has 0 aromatic heterocycles. The van der Waals surface area contributed by atoms with Gasteiger partial charge in [0.1, 0.15) is 11.8 Å². The minimum Gasteiger partial charge on any atom is -0.495 e. The number of carbonyl (C=O) groups excluding carboxylic acids is 1. The first kappa shape index (κ1) is 17.4. The second kappa shape index (κ2) is 6.82. The SMILES string of the molecule is COc1ccc(N2C(=O)[C@H](N)[C@H]2c2ccc(OC)c(OC)c2)cc1Cl. The Morgan fingerprint density at radius 2 is 1.60 bits per heavy atom. The number of rotatable bonds is 5. The predicted molar refractivity (Wildman–Crippen MR) is 95.8 cm³/mol. The van der Waals surface area contributed by atoms with E-state index in [0.717, 1.165) is 5.56 Å². The molecule has 25 heavy (non-hydrogen) atoms. The van der Waals surface area contributed by atoms with E-state index in [-0.39, 0.29) is 11.9 Å². The molecule has 6 nitrogen and oxygen atoms in total.